The van der Waals surface area contributed by atoms with Crippen LogP contribution in [0.25, 0.3) is 0 Å². The quantitative estimate of drug-likeness (QED) is 0.208. The van der Waals surface area contributed by atoms with Crippen LogP contribution in [0.3, 0.4) is 0 Å². The van der Waals surface area contributed by atoms with Gasteiger partial charge in [-0.15, -0.1) is 0 Å². The number of hydrogen-bond donors (Lipinski definition) is 2. The third kappa shape index (κ3) is 7.86. The Kier molecular flexibility index (Phi) is 8.33. The lowest BCUT2D eigenvalue weighted by Gasteiger charge is -2.11. The molecule has 0 aliphatic rings. The Balaban J connectivity index is 3.31. The molecule has 0 radical (unpaired) electrons. The van der Waals surface area contributed by atoms with Crippen molar-refractivity contribution in [1.29, 1.82) is 0 Å². The number of unbranched alkanes of at least 4 members (excludes halogenated alkanes) is 3. The predicted molar refractivity (Wildman–Crippen MR) is 57.6 cm³/mol. The third-order valence-electron chi connectivity index (χ3n) is 2.03. The second-order valence-corrected chi connectivity index (χ2v) is 3.54. The minimum Gasteiger partial charge on any atom is -0.409 e. The predicted octanol–water partition coefficient (Wildman–Crippen LogP) is 2.11. The number of amidine groups is 1. The molecule has 4 heteroatoms. The van der Waals surface area contributed by atoms with Crippen LogP contribution in [0.1, 0.15) is 46.0 Å². The van der Waals surface area contributed by atoms with Gasteiger partial charge in [0.1, 0.15) is 5.84 Å². The molecule has 3 N–H and O–H groups in total. The van der Waals surface area contributed by atoms with Crippen molar-refractivity contribution in [1.82, 2.24) is 0 Å². The van der Waals surface area contributed by atoms with Gasteiger partial charge in [-0.25, -0.2) is 0 Å². The standard InChI is InChI=1S/C10H22N2O2/c1-3-4-5-6-7-14-9(2)8-10(11)12-13/h9,13H,3-8H2,1-2H3,(H2,11,12). The van der Waals surface area contributed by atoms with E-state index >= 15 is 0 Å². The van der Waals surface area contributed by atoms with Crippen LogP contribution in [0.5, 0.6) is 0 Å². The molecule has 0 bridgehead atoms. The van der Waals surface area contributed by atoms with Crippen LogP contribution in [-0.4, -0.2) is 23.8 Å². The van der Waals surface area contributed by atoms with Gasteiger partial charge in [-0.2, -0.15) is 0 Å². The smallest absolute Gasteiger partial charge is 0.141 e. The van der Waals surface area contributed by atoms with Crippen molar-refractivity contribution in [2.24, 2.45) is 10.9 Å². The van der Waals surface area contributed by atoms with Crippen molar-refractivity contribution in [3.8, 4) is 0 Å². The molecule has 0 saturated heterocycles. The fraction of sp³-hybridized carbons (Fsp3) is 0.900. The van der Waals surface area contributed by atoms with Gasteiger partial charge in [0, 0.05) is 13.0 Å². The molecule has 0 aliphatic heterocycles. The van der Waals surface area contributed by atoms with Crippen molar-refractivity contribution in [2.45, 2.75) is 52.1 Å². The Bertz CT molecular complexity index is 160. The van der Waals surface area contributed by atoms with Gasteiger partial charge in [-0.05, 0) is 13.3 Å². The summed E-state index contributed by atoms with van der Waals surface area (Å²) in [5, 5.41) is 11.2. The van der Waals surface area contributed by atoms with E-state index in [0.717, 1.165) is 13.0 Å². The number of hydrogen-bond acceptors (Lipinski definition) is 3. The van der Waals surface area contributed by atoms with E-state index in [1.165, 1.54) is 19.3 Å². The Hall–Kier alpha value is -0.770. The van der Waals surface area contributed by atoms with Crippen LogP contribution < -0.4 is 5.73 Å². The Morgan fingerprint density at radius 2 is 2.14 bits per heavy atom. The van der Waals surface area contributed by atoms with Gasteiger partial charge in [0.05, 0.1) is 6.10 Å². The molecular weight excluding hydrogens is 180 g/mol. The van der Waals surface area contributed by atoms with Crippen LogP contribution in [0.15, 0.2) is 5.16 Å². The molecule has 0 amide bonds. The highest BCUT2D eigenvalue weighted by atomic mass is 16.5. The lowest BCUT2D eigenvalue weighted by atomic mass is 10.2. The zero-order valence-corrected chi connectivity index (χ0v) is 9.20. The second-order valence-electron chi connectivity index (χ2n) is 3.54. The lowest BCUT2D eigenvalue weighted by Crippen LogP contribution is -2.21. The maximum atomic E-state index is 8.33. The first-order valence-corrected chi connectivity index (χ1v) is 5.28. The first-order chi connectivity index (χ1) is 6.70. The molecule has 0 aromatic carbocycles. The largest absolute Gasteiger partial charge is 0.409 e. The highest BCUT2D eigenvalue weighted by Crippen LogP contribution is 2.02. The molecule has 14 heavy (non-hydrogen) atoms. The molecule has 0 aromatic heterocycles. The van der Waals surface area contributed by atoms with Crippen molar-refractivity contribution < 1.29 is 9.94 Å². The van der Waals surface area contributed by atoms with Gasteiger partial charge in [0.2, 0.25) is 0 Å². The summed E-state index contributed by atoms with van der Waals surface area (Å²) in [6, 6.07) is 0. The van der Waals surface area contributed by atoms with Gasteiger partial charge in [-0.1, -0.05) is 31.3 Å². The van der Waals surface area contributed by atoms with Gasteiger partial charge >= 0.3 is 0 Å². The van der Waals surface area contributed by atoms with E-state index in [9.17, 15) is 0 Å². The van der Waals surface area contributed by atoms with E-state index in [4.69, 9.17) is 15.7 Å². The average Bonchev–Trinajstić information content (AvgIpc) is 2.17. The normalized spacial score (nSPS) is 14.3. The number of ether oxygens (including phenoxy) is 1. The van der Waals surface area contributed by atoms with Crippen LogP contribution >= 0.6 is 0 Å². The van der Waals surface area contributed by atoms with Gasteiger partial charge in [0.25, 0.3) is 0 Å². The molecule has 1 unspecified atom stereocenters. The Morgan fingerprint density at radius 1 is 1.43 bits per heavy atom. The molecular formula is C10H22N2O2. The van der Waals surface area contributed by atoms with E-state index < -0.39 is 0 Å². The summed E-state index contributed by atoms with van der Waals surface area (Å²) in [6.45, 7) is 4.87. The number of oxime groups is 1. The van der Waals surface area contributed by atoms with Crippen LogP contribution in [0.4, 0.5) is 0 Å². The van der Waals surface area contributed by atoms with Crippen LogP contribution in [0.2, 0.25) is 0 Å². The van der Waals surface area contributed by atoms with Crippen molar-refractivity contribution in [2.75, 3.05) is 6.61 Å². The van der Waals surface area contributed by atoms with Crippen molar-refractivity contribution in [3.05, 3.63) is 0 Å². The van der Waals surface area contributed by atoms with Crippen molar-refractivity contribution >= 4 is 5.84 Å². The number of rotatable bonds is 8. The molecule has 0 spiro atoms. The zero-order chi connectivity index (χ0) is 10.8. The molecule has 0 aliphatic carbocycles. The van der Waals surface area contributed by atoms with Gasteiger partial charge in [0.15, 0.2) is 0 Å². The summed E-state index contributed by atoms with van der Waals surface area (Å²) in [5.41, 5.74) is 5.35. The third-order valence-corrected chi connectivity index (χ3v) is 2.03. The van der Waals surface area contributed by atoms with E-state index in [1.807, 2.05) is 6.92 Å². The van der Waals surface area contributed by atoms with Gasteiger partial charge in [-0.3, -0.25) is 0 Å². The summed E-state index contributed by atoms with van der Waals surface area (Å²) < 4.78 is 5.49. The lowest BCUT2D eigenvalue weighted by molar-refractivity contribution is 0.0674. The minimum absolute atomic E-state index is 0.0347. The molecule has 1 atom stereocenters. The molecule has 0 aromatic rings. The number of nitrogens with two attached hydrogens (primary N) is 1. The SMILES string of the molecule is CCCCCCOC(C)CC(N)=NO. The summed E-state index contributed by atoms with van der Waals surface area (Å²) in [7, 11) is 0. The van der Waals surface area contributed by atoms with E-state index in [1.54, 1.807) is 0 Å². The highest BCUT2D eigenvalue weighted by Gasteiger charge is 2.04. The van der Waals surface area contributed by atoms with Crippen LogP contribution in [0, 0.1) is 0 Å². The fourth-order valence-electron chi connectivity index (χ4n) is 1.21. The topological polar surface area (TPSA) is 67.8 Å². The summed E-state index contributed by atoms with van der Waals surface area (Å²) >= 11 is 0. The first-order valence-electron chi connectivity index (χ1n) is 5.28. The summed E-state index contributed by atoms with van der Waals surface area (Å²) in [4.78, 5) is 0. The fourth-order valence-corrected chi connectivity index (χ4v) is 1.21. The maximum absolute atomic E-state index is 8.33. The molecule has 84 valence electrons. The maximum Gasteiger partial charge on any atom is 0.141 e. The van der Waals surface area contributed by atoms with E-state index in [-0.39, 0.29) is 11.9 Å². The van der Waals surface area contributed by atoms with E-state index in [0.29, 0.717) is 6.42 Å². The van der Waals surface area contributed by atoms with Crippen molar-refractivity contribution in [3.63, 3.8) is 0 Å². The molecule has 0 fully saturated rings. The number of nitrogens with zero attached hydrogens (tertiary/aromatic N) is 1. The monoisotopic (exact) mass is 202 g/mol. The second kappa shape index (κ2) is 8.81. The van der Waals surface area contributed by atoms with E-state index in [2.05, 4.69) is 12.1 Å². The average molecular weight is 202 g/mol. The molecule has 0 heterocycles. The van der Waals surface area contributed by atoms with Crippen LogP contribution in [-0.2, 0) is 4.74 Å². The first kappa shape index (κ1) is 13.2. The zero-order valence-electron chi connectivity index (χ0n) is 9.20. The molecule has 4 nitrogen and oxygen atoms in total. The highest BCUT2D eigenvalue weighted by molar-refractivity contribution is 5.79. The van der Waals surface area contributed by atoms with Gasteiger partial charge < -0.3 is 15.7 Å². The summed E-state index contributed by atoms with van der Waals surface area (Å²) in [6.07, 6.45) is 5.33. The minimum atomic E-state index is 0.0347. The Labute approximate surface area is 86.1 Å². The molecule has 0 rings (SSSR count). The Morgan fingerprint density at radius 3 is 2.71 bits per heavy atom. The molecule has 0 saturated carbocycles. The summed E-state index contributed by atoms with van der Waals surface area (Å²) in [5.74, 6) is 0.228.